The molecule has 0 saturated carbocycles. The molecule has 1 saturated heterocycles. The number of benzene rings is 1. The van der Waals surface area contributed by atoms with Gasteiger partial charge in [0.25, 0.3) is 0 Å². The highest BCUT2D eigenvalue weighted by Crippen LogP contribution is 2.23. The van der Waals surface area contributed by atoms with Gasteiger partial charge in [0.15, 0.2) is 5.58 Å². The molecule has 1 aliphatic rings. The van der Waals surface area contributed by atoms with E-state index in [1.54, 1.807) is 13.1 Å². The molecule has 2 aromatic rings. The first-order valence-corrected chi connectivity index (χ1v) is 8.19. The van der Waals surface area contributed by atoms with Crippen molar-refractivity contribution in [3.05, 3.63) is 28.7 Å². The van der Waals surface area contributed by atoms with Crippen LogP contribution < -0.4 is 11.5 Å². The summed E-state index contributed by atoms with van der Waals surface area (Å²) in [4.78, 5) is 11.6. The van der Waals surface area contributed by atoms with Crippen LogP contribution in [0, 0.1) is 0 Å². The van der Waals surface area contributed by atoms with Crippen LogP contribution in [0.5, 0.6) is 0 Å². The molecule has 21 heavy (non-hydrogen) atoms. The van der Waals surface area contributed by atoms with Crippen molar-refractivity contribution in [1.82, 2.24) is 8.87 Å². The molecule has 0 bridgehead atoms. The van der Waals surface area contributed by atoms with Crippen molar-refractivity contribution in [2.24, 2.45) is 12.8 Å². The Labute approximate surface area is 122 Å². The SMILES string of the molecule is Cn1c(=O)oc2cc(S(=O)(=O)N3CCCC(N)C3)ccc21. The standard InChI is InChI=1S/C13H17N3O4S/c1-15-11-5-4-10(7-12(11)20-13(15)17)21(18,19)16-6-2-3-9(14)8-16/h4-5,7,9H,2-3,6,8,14H2,1H3. The Morgan fingerprint density at radius 1 is 1.38 bits per heavy atom. The lowest BCUT2D eigenvalue weighted by Crippen LogP contribution is -2.45. The van der Waals surface area contributed by atoms with Crippen LogP contribution in [0.4, 0.5) is 0 Å². The maximum absolute atomic E-state index is 12.6. The number of hydrogen-bond acceptors (Lipinski definition) is 5. The molecule has 2 heterocycles. The first-order chi connectivity index (χ1) is 9.89. The number of nitrogens with two attached hydrogens (primary N) is 1. The second-order valence-corrected chi connectivity index (χ2v) is 7.26. The zero-order chi connectivity index (χ0) is 15.2. The largest absolute Gasteiger partial charge is 0.419 e. The fraction of sp³-hybridized carbons (Fsp3) is 0.462. The molecular formula is C13H17N3O4S. The molecule has 8 heteroatoms. The van der Waals surface area contributed by atoms with E-state index in [4.69, 9.17) is 10.2 Å². The Bertz CT molecular complexity index is 837. The summed E-state index contributed by atoms with van der Waals surface area (Å²) in [6.07, 6.45) is 1.58. The number of oxazole rings is 1. The Morgan fingerprint density at radius 2 is 2.14 bits per heavy atom. The molecular weight excluding hydrogens is 294 g/mol. The minimum absolute atomic E-state index is 0.124. The van der Waals surface area contributed by atoms with Gasteiger partial charge in [0.2, 0.25) is 10.0 Å². The third kappa shape index (κ3) is 2.39. The number of sulfonamides is 1. The highest BCUT2D eigenvalue weighted by atomic mass is 32.2. The van der Waals surface area contributed by atoms with E-state index in [9.17, 15) is 13.2 Å². The second-order valence-electron chi connectivity index (χ2n) is 5.32. The van der Waals surface area contributed by atoms with Crippen molar-refractivity contribution in [2.45, 2.75) is 23.8 Å². The van der Waals surface area contributed by atoms with Crippen LogP contribution >= 0.6 is 0 Å². The van der Waals surface area contributed by atoms with Gasteiger partial charge in [0.05, 0.1) is 10.4 Å². The fourth-order valence-corrected chi connectivity index (χ4v) is 4.17. The Balaban J connectivity index is 2.04. The van der Waals surface area contributed by atoms with Crippen LogP contribution in [0.3, 0.4) is 0 Å². The van der Waals surface area contributed by atoms with Gasteiger partial charge in [-0.2, -0.15) is 4.31 Å². The van der Waals surface area contributed by atoms with E-state index in [2.05, 4.69) is 0 Å². The van der Waals surface area contributed by atoms with Crippen LogP contribution in [0.1, 0.15) is 12.8 Å². The lowest BCUT2D eigenvalue weighted by Gasteiger charge is -2.29. The number of hydrogen-bond donors (Lipinski definition) is 1. The van der Waals surface area contributed by atoms with E-state index < -0.39 is 15.8 Å². The zero-order valence-corrected chi connectivity index (χ0v) is 12.5. The van der Waals surface area contributed by atoms with Crippen molar-refractivity contribution in [3.8, 4) is 0 Å². The highest BCUT2D eigenvalue weighted by Gasteiger charge is 2.29. The van der Waals surface area contributed by atoms with E-state index in [0.717, 1.165) is 12.8 Å². The van der Waals surface area contributed by atoms with Gasteiger partial charge in [0.1, 0.15) is 0 Å². The highest BCUT2D eigenvalue weighted by molar-refractivity contribution is 7.89. The smallest absolute Gasteiger partial charge is 0.408 e. The van der Waals surface area contributed by atoms with Crippen LogP contribution in [0.15, 0.2) is 32.3 Å². The summed E-state index contributed by atoms with van der Waals surface area (Å²) in [5.41, 5.74) is 6.68. The molecule has 1 unspecified atom stereocenters. The topological polar surface area (TPSA) is 98.5 Å². The minimum Gasteiger partial charge on any atom is -0.408 e. The molecule has 0 radical (unpaired) electrons. The molecule has 0 spiro atoms. The molecule has 1 fully saturated rings. The van der Waals surface area contributed by atoms with Gasteiger partial charge in [-0.15, -0.1) is 0 Å². The van der Waals surface area contributed by atoms with Crippen LogP contribution in [0.2, 0.25) is 0 Å². The lowest BCUT2D eigenvalue weighted by atomic mass is 10.1. The van der Waals surface area contributed by atoms with E-state index >= 15 is 0 Å². The van der Waals surface area contributed by atoms with Gasteiger partial charge in [-0.05, 0) is 25.0 Å². The van der Waals surface area contributed by atoms with Gasteiger partial charge in [0, 0.05) is 32.2 Å². The van der Waals surface area contributed by atoms with Gasteiger partial charge in [-0.1, -0.05) is 0 Å². The van der Waals surface area contributed by atoms with Crippen molar-refractivity contribution >= 4 is 21.1 Å². The molecule has 1 aromatic carbocycles. The van der Waals surface area contributed by atoms with Crippen LogP contribution in [-0.4, -0.2) is 36.4 Å². The number of aryl methyl sites for hydroxylation is 1. The van der Waals surface area contributed by atoms with Crippen molar-refractivity contribution < 1.29 is 12.8 Å². The maximum atomic E-state index is 12.6. The molecule has 7 nitrogen and oxygen atoms in total. The quantitative estimate of drug-likeness (QED) is 0.857. The first kappa shape index (κ1) is 14.3. The number of piperidine rings is 1. The number of fused-ring (bicyclic) bond motifs is 1. The third-order valence-corrected chi connectivity index (χ3v) is 5.68. The predicted octanol–water partition coefficient (Wildman–Crippen LogP) is 0.243. The normalized spacial score (nSPS) is 21.0. The average molecular weight is 311 g/mol. The Hall–Kier alpha value is -1.64. The van der Waals surface area contributed by atoms with Gasteiger partial charge in [-0.3, -0.25) is 4.57 Å². The van der Waals surface area contributed by atoms with Crippen molar-refractivity contribution in [1.29, 1.82) is 0 Å². The Morgan fingerprint density at radius 3 is 2.86 bits per heavy atom. The molecule has 1 aliphatic heterocycles. The van der Waals surface area contributed by atoms with Gasteiger partial charge in [-0.25, -0.2) is 13.2 Å². The Kier molecular flexibility index (Phi) is 3.39. The molecule has 114 valence electrons. The zero-order valence-electron chi connectivity index (χ0n) is 11.7. The summed E-state index contributed by atoms with van der Waals surface area (Å²) in [7, 11) is -2.03. The summed E-state index contributed by atoms with van der Waals surface area (Å²) in [6.45, 7) is 0.784. The summed E-state index contributed by atoms with van der Waals surface area (Å²) in [5.74, 6) is -0.514. The molecule has 1 aromatic heterocycles. The van der Waals surface area contributed by atoms with E-state index in [0.29, 0.717) is 18.6 Å². The number of nitrogens with zero attached hydrogens (tertiary/aromatic N) is 2. The second kappa shape index (κ2) is 4.97. The monoisotopic (exact) mass is 311 g/mol. The van der Waals surface area contributed by atoms with E-state index in [1.165, 1.54) is 21.0 Å². The maximum Gasteiger partial charge on any atom is 0.419 e. The molecule has 0 aliphatic carbocycles. The summed E-state index contributed by atoms with van der Waals surface area (Å²) >= 11 is 0. The predicted molar refractivity (Wildman–Crippen MR) is 77.4 cm³/mol. The first-order valence-electron chi connectivity index (χ1n) is 6.75. The molecule has 3 rings (SSSR count). The molecule has 1 atom stereocenters. The summed E-state index contributed by atoms with van der Waals surface area (Å²) < 4.78 is 33.0. The van der Waals surface area contributed by atoms with Crippen molar-refractivity contribution in [2.75, 3.05) is 13.1 Å². The van der Waals surface area contributed by atoms with Crippen LogP contribution in [-0.2, 0) is 17.1 Å². The average Bonchev–Trinajstić information content (AvgIpc) is 2.73. The van der Waals surface area contributed by atoms with E-state index in [-0.39, 0.29) is 16.5 Å². The lowest BCUT2D eigenvalue weighted by molar-refractivity contribution is 0.316. The minimum atomic E-state index is -3.61. The van der Waals surface area contributed by atoms with Crippen LogP contribution in [0.25, 0.3) is 11.1 Å². The molecule has 2 N–H and O–H groups in total. The van der Waals surface area contributed by atoms with E-state index in [1.807, 2.05) is 0 Å². The fourth-order valence-electron chi connectivity index (χ4n) is 2.62. The van der Waals surface area contributed by atoms with Gasteiger partial charge < -0.3 is 10.2 Å². The van der Waals surface area contributed by atoms with Crippen molar-refractivity contribution in [3.63, 3.8) is 0 Å². The number of aromatic nitrogens is 1. The number of rotatable bonds is 2. The molecule has 0 amide bonds. The van der Waals surface area contributed by atoms with Gasteiger partial charge >= 0.3 is 5.76 Å². The summed E-state index contributed by atoms with van der Waals surface area (Å²) in [6, 6.07) is 4.34. The third-order valence-electron chi connectivity index (χ3n) is 3.82. The summed E-state index contributed by atoms with van der Waals surface area (Å²) in [5, 5.41) is 0.